The highest BCUT2D eigenvalue weighted by atomic mass is 16.1. The summed E-state index contributed by atoms with van der Waals surface area (Å²) >= 11 is 0. The highest BCUT2D eigenvalue weighted by molar-refractivity contribution is 5.50. The van der Waals surface area contributed by atoms with Crippen molar-refractivity contribution in [1.82, 2.24) is 4.90 Å². The lowest BCUT2D eigenvalue weighted by molar-refractivity contribution is 0.182. The minimum Gasteiger partial charge on any atom is -0.330 e. The summed E-state index contributed by atoms with van der Waals surface area (Å²) in [6.45, 7) is 7.08. The molecule has 1 aliphatic heterocycles. The molecule has 0 aromatic heterocycles. The van der Waals surface area contributed by atoms with E-state index in [0.717, 1.165) is 13.0 Å². The summed E-state index contributed by atoms with van der Waals surface area (Å²) in [4.78, 5) is 12.4. The Bertz CT molecular complexity index is 233. The lowest BCUT2D eigenvalue weighted by Crippen LogP contribution is -2.41. The van der Waals surface area contributed by atoms with Gasteiger partial charge < -0.3 is 4.90 Å². The SMILES string of the molecule is C#CC1CCN([C]=O)C1C(C)(C)C. The molecule has 0 aliphatic carbocycles. The smallest absolute Gasteiger partial charge is 0.312 e. The van der Waals surface area contributed by atoms with Crippen LogP contribution in [0.2, 0.25) is 0 Å². The minimum absolute atomic E-state index is 0.0466. The largest absolute Gasteiger partial charge is 0.330 e. The summed E-state index contributed by atoms with van der Waals surface area (Å²) in [5.74, 6) is 2.96. The fourth-order valence-corrected chi connectivity index (χ4v) is 2.14. The standard InChI is InChI=1S/C11H16NO/c1-5-9-6-7-12(8-13)10(9)11(2,3)4/h1,9-10H,6-7H2,2-4H3. The second kappa shape index (κ2) is 3.41. The number of hydrogen-bond acceptors (Lipinski definition) is 1. The van der Waals surface area contributed by atoms with E-state index in [9.17, 15) is 4.79 Å². The van der Waals surface area contributed by atoms with Crippen LogP contribution in [0.1, 0.15) is 27.2 Å². The van der Waals surface area contributed by atoms with Crippen LogP contribution in [0, 0.1) is 23.7 Å². The summed E-state index contributed by atoms with van der Waals surface area (Å²) in [5.41, 5.74) is 0.0466. The van der Waals surface area contributed by atoms with Crippen molar-refractivity contribution in [3.8, 4) is 12.3 Å². The molecule has 13 heavy (non-hydrogen) atoms. The average Bonchev–Trinajstić information content (AvgIpc) is 2.45. The predicted octanol–water partition coefficient (Wildman–Crippen LogP) is 1.42. The van der Waals surface area contributed by atoms with Gasteiger partial charge in [-0.25, -0.2) is 0 Å². The molecule has 0 aromatic rings. The molecule has 1 aliphatic rings. The molecule has 1 fully saturated rings. The molecule has 1 heterocycles. The molecule has 1 radical (unpaired) electrons. The van der Waals surface area contributed by atoms with Crippen LogP contribution in [0.15, 0.2) is 0 Å². The second-order valence-electron chi connectivity index (χ2n) is 4.66. The van der Waals surface area contributed by atoms with Crippen molar-refractivity contribution in [1.29, 1.82) is 0 Å². The van der Waals surface area contributed by atoms with E-state index in [1.165, 1.54) is 0 Å². The van der Waals surface area contributed by atoms with Gasteiger partial charge >= 0.3 is 6.41 Å². The Balaban J connectivity index is 2.87. The lowest BCUT2D eigenvalue weighted by atomic mass is 9.80. The van der Waals surface area contributed by atoms with Gasteiger partial charge in [-0.2, -0.15) is 0 Å². The van der Waals surface area contributed by atoms with Crippen molar-refractivity contribution in [2.75, 3.05) is 6.54 Å². The molecular weight excluding hydrogens is 162 g/mol. The van der Waals surface area contributed by atoms with Crippen LogP contribution in [0.25, 0.3) is 0 Å². The first kappa shape index (κ1) is 10.1. The Morgan fingerprint density at radius 3 is 2.46 bits per heavy atom. The molecule has 2 nitrogen and oxygen atoms in total. The molecule has 1 rings (SSSR count). The molecule has 2 unspecified atom stereocenters. The highest BCUT2D eigenvalue weighted by Crippen LogP contribution is 2.35. The average molecular weight is 178 g/mol. The van der Waals surface area contributed by atoms with E-state index in [0.29, 0.717) is 0 Å². The third-order valence-corrected chi connectivity index (χ3v) is 2.62. The summed E-state index contributed by atoms with van der Waals surface area (Å²) in [5, 5.41) is 0. The molecule has 0 aromatic carbocycles. The van der Waals surface area contributed by atoms with Gasteiger partial charge in [-0.3, -0.25) is 4.79 Å². The maximum absolute atomic E-state index is 10.7. The number of rotatable bonds is 1. The van der Waals surface area contributed by atoms with Crippen LogP contribution in [0.3, 0.4) is 0 Å². The number of terminal acetylenes is 1. The zero-order valence-electron chi connectivity index (χ0n) is 8.50. The minimum atomic E-state index is 0.0466. The molecular formula is C11H16NO. The van der Waals surface area contributed by atoms with E-state index in [1.54, 1.807) is 4.90 Å². The van der Waals surface area contributed by atoms with E-state index in [-0.39, 0.29) is 17.4 Å². The summed E-state index contributed by atoms with van der Waals surface area (Å²) < 4.78 is 0. The Morgan fingerprint density at radius 2 is 2.08 bits per heavy atom. The fourth-order valence-electron chi connectivity index (χ4n) is 2.14. The van der Waals surface area contributed by atoms with Gasteiger partial charge in [0.05, 0.1) is 6.04 Å². The van der Waals surface area contributed by atoms with Gasteiger partial charge in [0.15, 0.2) is 0 Å². The number of amides is 1. The fraction of sp³-hybridized carbons (Fsp3) is 0.727. The number of hydrogen-bond donors (Lipinski definition) is 0. The summed E-state index contributed by atoms with van der Waals surface area (Å²) in [7, 11) is 0. The molecule has 0 bridgehead atoms. The van der Waals surface area contributed by atoms with E-state index in [2.05, 4.69) is 26.7 Å². The molecule has 2 heteroatoms. The number of carbonyl (C=O) groups excluding carboxylic acids is 1. The highest BCUT2D eigenvalue weighted by Gasteiger charge is 2.40. The number of likely N-dealkylation sites (tertiary alicyclic amines) is 1. The Hall–Kier alpha value is -0.970. The van der Waals surface area contributed by atoms with Crippen LogP contribution < -0.4 is 0 Å². The van der Waals surface area contributed by atoms with Gasteiger partial charge in [-0.15, -0.1) is 12.3 Å². The normalized spacial score (nSPS) is 28.6. The van der Waals surface area contributed by atoms with Gasteiger partial charge in [0.25, 0.3) is 0 Å². The monoisotopic (exact) mass is 178 g/mol. The first-order valence-corrected chi connectivity index (χ1v) is 4.61. The summed E-state index contributed by atoms with van der Waals surface area (Å²) in [6.07, 6.45) is 8.31. The first-order valence-electron chi connectivity index (χ1n) is 4.61. The van der Waals surface area contributed by atoms with Gasteiger partial charge in [-0.1, -0.05) is 20.8 Å². The van der Waals surface area contributed by atoms with Gasteiger partial charge in [-0.05, 0) is 11.8 Å². The van der Waals surface area contributed by atoms with Crippen LogP contribution in [0.5, 0.6) is 0 Å². The first-order chi connectivity index (χ1) is 6.00. The Morgan fingerprint density at radius 1 is 1.46 bits per heavy atom. The van der Waals surface area contributed by atoms with E-state index in [4.69, 9.17) is 6.42 Å². The van der Waals surface area contributed by atoms with Crippen LogP contribution in [-0.2, 0) is 4.79 Å². The third-order valence-electron chi connectivity index (χ3n) is 2.62. The topological polar surface area (TPSA) is 20.3 Å². The van der Waals surface area contributed by atoms with E-state index < -0.39 is 0 Å². The van der Waals surface area contributed by atoms with Crippen LogP contribution in [-0.4, -0.2) is 23.9 Å². The van der Waals surface area contributed by atoms with Crippen LogP contribution in [0.4, 0.5) is 0 Å². The number of nitrogens with zero attached hydrogens (tertiary/aromatic N) is 1. The van der Waals surface area contributed by atoms with Crippen LogP contribution >= 0.6 is 0 Å². The second-order valence-corrected chi connectivity index (χ2v) is 4.66. The van der Waals surface area contributed by atoms with Crippen molar-refractivity contribution in [2.45, 2.75) is 33.2 Å². The maximum Gasteiger partial charge on any atom is 0.312 e. The zero-order chi connectivity index (χ0) is 10.1. The third kappa shape index (κ3) is 1.85. The molecule has 1 saturated heterocycles. The molecule has 2 atom stereocenters. The van der Waals surface area contributed by atoms with Crippen molar-refractivity contribution in [3.63, 3.8) is 0 Å². The summed E-state index contributed by atoms with van der Waals surface area (Å²) in [6, 6.07) is 0.148. The van der Waals surface area contributed by atoms with Crippen molar-refractivity contribution in [2.24, 2.45) is 11.3 Å². The molecule has 1 amide bonds. The van der Waals surface area contributed by atoms with E-state index >= 15 is 0 Å². The van der Waals surface area contributed by atoms with E-state index in [1.807, 2.05) is 6.41 Å². The lowest BCUT2D eigenvalue weighted by Gasteiger charge is -2.34. The maximum atomic E-state index is 10.7. The zero-order valence-corrected chi connectivity index (χ0v) is 8.50. The molecule has 0 saturated carbocycles. The van der Waals surface area contributed by atoms with Crippen molar-refractivity contribution < 1.29 is 4.79 Å². The van der Waals surface area contributed by atoms with Crippen molar-refractivity contribution in [3.05, 3.63) is 0 Å². The van der Waals surface area contributed by atoms with Gasteiger partial charge in [0, 0.05) is 12.5 Å². The molecule has 71 valence electrons. The molecule has 0 spiro atoms. The predicted molar refractivity (Wildman–Crippen MR) is 52.6 cm³/mol. The quantitative estimate of drug-likeness (QED) is 0.556. The molecule has 0 N–H and O–H groups in total. The van der Waals surface area contributed by atoms with Gasteiger partial charge in [0.2, 0.25) is 0 Å². The van der Waals surface area contributed by atoms with Crippen molar-refractivity contribution >= 4 is 6.41 Å². The Kier molecular flexibility index (Phi) is 2.66. The van der Waals surface area contributed by atoms with Gasteiger partial charge in [0.1, 0.15) is 0 Å². The Labute approximate surface area is 80.3 Å².